The van der Waals surface area contributed by atoms with Crippen molar-refractivity contribution in [2.75, 3.05) is 27.2 Å². The molecule has 1 N–H and O–H groups in total. The molecule has 5 heteroatoms. The van der Waals surface area contributed by atoms with Crippen LogP contribution in [0.2, 0.25) is 0 Å². The highest BCUT2D eigenvalue weighted by atomic mass is 32.1. The first-order chi connectivity index (χ1) is 8.58. The first-order valence-corrected chi connectivity index (χ1v) is 7.15. The third-order valence-electron chi connectivity index (χ3n) is 3.48. The Kier molecular flexibility index (Phi) is 4.37. The number of amides is 1. The standard InChI is InChI=1S/C13H20N2O2S/c1-14(2)11-7-15(8-12(11)16)13(17)4-3-10-5-6-18-9-10/h5-6,9,11-12,16H,3-4,7-8H2,1-2H3/t11-,12-/m0/s1. The summed E-state index contributed by atoms with van der Waals surface area (Å²) in [5.74, 6) is 0.143. The molecule has 2 heterocycles. The highest BCUT2D eigenvalue weighted by Gasteiger charge is 2.34. The van der Waals surface area contributed by atoms with Gasteiger partial charge in [-0.1, -0.05) is 0 Å². The van der Waals surface area contributed by atoms with Crippen LogP contribution < -0.4 is 0 Å². The molecule has 1 aliphatic heterocycles. The lowest BCUT2D eigenvalue weighted by atomic mass is 10.2. The first-order valence-electron chi connectivity index (χ1n) is 6.21. The lowest BCUT2D eigenvalue weighted by molar-refractivity contribution is -0.130. The van der Waals surface area contributed by atoms with Crippen molar-refractivity contribution in [3.8, 4) is 0 Å². The number of likely N-dealkylation sites (tertiary alicyclic amines) is 1. The largest absolute Gasteiger partial charge is 0.390 e. The van der Waals surface area contributed by atoms with Crippen LogP contribution in [0.25, 0.3) is 0 Å². The fourth-order valence-electron chi connectivity index (χ4n) is 2.32. The molecule has 0 aliphatic carbocycles. The van der Waals surface area contributed by atoms with Gasteiger partial charge in [0.1, 0.15) is 0 Å². The second kappa shape index (κ2) is 5.82. The number of β-amino-alcohol motifs (C(OH)–C–C–N with tert-alkyl or cyclic N) is 1. The first kappa shape index (κ1) is 13.5. The van der Waals surface area contributed by atoms with Crippen molar-refractivity contribution in [2.24, 2.45) is 0 Å². The van der Waals surface area contributed by atoms with Gasteiger partial charge in [0.25, 0.3) is 0 Å². The molecule has 0 bridgehead atoms. The second-order valence-corrected chi connectivity index (χ2v) is 5.81. The minimum absolute atomic E-state index is 0.0649. The summed E-state index contributed by atoms with van der Waals surface area (Å²) in [7, 11) is 3.88. The quantitative estimate of drug-likeness (QED) is 0.879. The topological polar surface area (TPSA) is 43.8 Å². The molecule has 1 amide bonds. The fraction of sp³-hybridized carbons (Fsp3) is 0.615. The van der Waals surface area contributed by atoms with E-state index in [4.69, 9.17) is 0 Å². The van der Waals surface area contributed by atoms with Gasteiger partial charge in [-0.05, 0) is 42.9 Å². The number of aryl methyl sites for hydroxylation is 1. The fourth-order valence-corrected chi connectivity index (χ4v) is 3.03. The Bertz CT molecular complexity index is 392. The van der Waals surface area contributed by atoms with Crippen molar-refractivity contribution < 1.29 is 9.90 Å². The number of aliphatic hydroxyl groups excluding tert-OH is 1. The zero-order valence-electron chi connectivity index (χ0n) is 10.9. The highest BCUT2D eigenvalue weighted by Crippen LogP contribution is 2.16. The maximum Gasteiger partial charge on any atom is 0.223 e. The van der Waals surface area contributed by atoms with Crippen LogP contribution in [0.3, 0.4) is 0 Å². The van der Waals surface area contributed by atoms with E-state index in [9.17, 15) is 9.90 Å². The number of carbonyl (C=O) groups is 1. The summed E-state index contributed by atoms with van der Waals surface area (Å²) in [5, 5.41) is 14.0. The van der Waals surface area contributed by atoms with Gasteiger partial charge in [0.2, 0.25) is 5.91 Å². The Labute approximate surface area is 112 Å². The van der Waals surface area contributed by atoms with E-state index in [2.05, 4.69) is 11.4 Å². The minimum Gasteiger partial charge on any atom is -0.390 e. The molecule has 1 saturated heterocycles. The molecule has 0 saturated carbocycles. The number of likely N-dealkylation sites (N-methyl/N-ethyl adjacent to an activating group) is 1. The van der Waals surface area contributed by atoms with Crippen molar-refractivity contribution in [3.63, 3.8) is 0 Å². The average molecular weight is 268 g/mol. The maximum atomic E-state index is 12.1. The van der Waals surface area contributed by atoms with Crippen molar-refractivity contribution in [2.45, 2.75) is 25.0 Å². The van der Waals surface area contributed by atoms with E-state index in [-0.39, 0.29) is 11.9 Å². The van der Waals surface area contributed by atoms with Crippen LogP contribution in [0, 0.1) is 0 Å². The van der Waals surface area contributed by atoms with E-state index in [1.54, 1.807) is 16.2 Å². The number of hydrogen-bond donors (Lipinski definition) is 1. The van der Waals surface area contributed by atoms with Gasteiger partial charge in [0.15, 0.2) is 0 Å². The summed E-state index contributed by atoms with van der Waals surface area (Å²) in [5.41, 5.74) is 1.22. The molecule has 4 nitrogen and oxygen atoms in total. The molecule has 0 spiro atoms. The Morgan fingerprint density at radius 1 is 1.56 bits per heavy atom. The molecule has 0 radical (unpaired) electrons. The van der Waals surface area contributed by atoms with Crippen LogP contribution in [0.4, 0.5) is 0 Å². The predicted octanol–water partition coefficient (Wildman–Crippen LogP) is 0.814. The van der Waals surface area contributed by atoms with E-state index in [0.717, 1.165) is 6.42 Å². The van der Waals surface area contributed by atoms with Gasteiger partial charge in [-0.3, -0.25) is 4.79 Å². The number of carbonyl (C=O) groups excluding carboxylic acids is 1. The maximum absolute atomic E-state index is 12.1. The molecule has 1 aliphatic rings. The Hall–Kier alpha value is -0.910. The summed E-state index contributed by atoms with van der Waals surface area (Å²) in [4.78, 5) is 15.8. The van der Waals surface area contributed by atoms with Crippen LogP contribution in [0.5, 0.6) is 0 Å². The van der Waals surface area contributed by atoms with E-state index in [1.165, 1.54) is 5.56 Å². The van der Waals surface area contributed by atoms with E-state index in [0.29, 0.717) is 19.5 Å². The van der Waals surface area contributed by atoms with Crippen molar-refractivity contribution in [1.29, 1.82) is 0 Å². The molecule has 18 heavy (non-hydrogen) atoms. The Morgan fingerprint density at radius 2 is 2.33 bits per heavy atom. The minimum atomic E-state index is -0.426. The van der Waals surface area contributed by atoms with Gasteiger partial charge >= 0.3 is 0 Å². The van der Waals surface area contributed by atoms with Crippen LogP contribution in [-0.4, -0.2) is 60.1 Å². The van der Waals surface area contributed by atoms with Crippen LogP contribution in [0.15, 0.2) is 16.8 Å². The van der Waals surface area contributed by atoms with E-state index < -0.39 is 6.10 Å². The molecule has 1 aromatic rings. The third kappa shape index (κ3) is 3.10. The van der Waals surface area contributed by atoms with Crippen LogP contribution >= 0.6 is 11.3 Å². The molecule has 100 valence electrons. The summed E-state index contributed by atoms with van der Waals surface area (Å²) in [6.07, 6.45) is 0.899. The average Bonchev–Trinajstić information content (AvgIpc) is 2.94. The normalized spacial score (nSPS) is 23.9. The summed E-state index contributed by atoms with van der Waals surface area (Å²) >= 11 is 1.66. The molecule has 1 aromatic heterocycles. The third-order valence-corrected chi connectivity index (χ3v) is 4.21. The number of rotatable bonds is 4. The number of nitrogens with zero attached hydrogens (tertiary/aromatic N) is 2. The van der Waals surface area contributed by atoms with Crippen LogP contribution in [0.1, 0.15) is 12.0 Å². The van der Waals surface area contributed by atoms with Crippen molar-refractivity contribution in [3.05, 3.63) is 22.4 Å². The van der Waals surface area contributed by atoms with Gasteiger partial charge in [-0.25, -0.2) is 0 Å². The SMILES string of the molecule is CN(C)[C@H]1CN(C(=O)CCc2ccsc2)C[C@@H]1O. The summed E-state index contributed by atoms with van der Waals surface area (Å²) in [6.45, 7) is 1.10. The molecule has 0 unspecified atom stereocenters. The van der Waals surface area contributed by atoms with Gasteiger partial charge < -0.3 is 14.9 Å². The van der Waals surface area contributed by atoms with E-state index >= 15 is 0 Å². The Morgan fingerprint density at radius 3 is 2.89 bits per heavy atom. The molecule has 0 aromatic carbocycles. The van der Waals surface area contributed by atoms with E-state index in [1.807, 2.05) is 24.4 Å². The molecule has 1 fully saturated rings. The lowest BCUT2D eigenvalue weighted by Crippen LogP contribution is -2.38. The van der Waals surface area contributed by atoms with Gasteiger partial charge in [-0.2, -0.15) is 11.3 Å². The second-order valence-electron chi connectivity index (χ2n) is 5.03. The lowest BCUT2D eigenvalue weighted by Gasteiger charge is -2.21. The predicted molar refractivity (Wildman–Crippen MR) is 72.7 cm³/mol. The summed E-state index contributed by atoms with van der Waals surface area (Å²) < 4.78 is 0. The van der Waals surface area contributed by atoms with Gasteiger partial charge in [-0.15, -0.1) is 0 Å². The van der Waals surface area contributed by atoms with Gasteiger partial charge in [0, 0.05) is 19.5 Å². The number of thiophene rings is 1. The highest BCUT2D eigenvalue weighted by molar-refractivity contribution is 7.07. The van der Waals surface area contributed by atoms with Crippen molar-refractivity contribution >= 4 is 17.2 Å². The molecular formula is C13H20N2O2S. The zero-order valence-corrected chi connectivity index (χ0v) is 11.7. The smallest absolute Gasteiger partial charge is 0.223 e. The monoisotopic (exact) mass is 268 g/mol. The summed E-state index contributed by atoms with van der Waals surface area (Å²) in [6, 6.07) is 2.12. The molecular weight excluding hydrogens is 248 g/mol. The molecule has 2 atom stereocenters. The van der Waals surface area contributed by atoms with Crippen molar-refractivity contribution in [1.82, 2.24) is 9.80 Å². The molecule has 2 rings (SSSR count). The zero-order chi connectivity index (χ0) is 13.1. The van der Waals surface area contributed by atoms with Crippen LogP contribution in [-0.2, 0) is 11.2 Å². The number of aliphatic hydroxyl groups is 1. The number of hydrogen-bond acceptors (Lipinski definition) is 4. The van der Waals surface area contributed by atoms with Gasteiger partial charge in [0.05, 0.1) is 12.1 Å². The Balaban J connectivity index is 1.83.